The molecule has 1 aromatic rings. The molecule has 0 aliphatic heterocycles. The number of nitrogens with two attached hydrogens (primary N) is 1. The minimum atomic E-state index is -0.338. The van der Waals surface area contributed by atoms with Crippen LogP contribution in [0, 0.1) is 12.8 Å². The summed E-state index contributed by atoms with van der Waals surface area (Å²) in [4.78, 5) is 13.9. The summed E-state index contributed by atoms with van der Waals surface area (Å²) in [6.07, 6.45) is 0. The van der Waals surface area contributed by atoms with Crippen LogP contribution in [-0.2, 0) is 0 Å². The maximum absolute atomic E-state index is 12.0. The number of thiophene rings is 1. The van der Waals surface area contributed by atoms with Crippen molar-refractivity contribution in [3.05, 3.63) is 21.9 Å². The molecule has 98 valence electrons. The van der Waals surface area contributed by atoms with Gasteiger partial charge in [-0.2, -0.15) is 0 Å². The van der Waals surface area contributed by atoms with Crippen molar-refractivity contribution in [1.82, 2.24) is 5.32 Å². The summed E-state index contributed by atoms with van der Waals surface area (Å²) < 4.78 is 0. The smallest absolute Gasteiger partial charge is 0.261 e. The molecular weight excluding hydrogens is 256 g/mol. The van der Waals surface area contributed by atoms with Gasteiger partial charge in [-0.3, -0.25) is 4.79 Å². The number of nitrogens with one attached hydrogen (secondary N) is 1. The summed E-state index contributed by atoms with van der Waals surface area (Å²) in [5, 5.41) is 3.02. The molecule has 3 N–H and O–H groups in total. The third-order valence-corrected chi connectivity index (χ3v) is 4.06. The fraction of sp³-hybridized carbons (Fsp3) is 0.583. The SMILES string of the molecule is Cc1ccc(C(=O)NC(C)(CN)C(C)C)s1.Cl. The molecule has 1 heterocycles. The predicted molar refractivity (Wildman–Crippen MR) is 76.1 cm³/mol. The monoisotopic (exact) mass is 276 g/mol. The lowest BCUT2D eigenvalue weighted by Crippen LogP contribution is -2.54. The van der Waals surface area contributed by atoms with Gasteiger partial charge in [-0.25, -0.2) is 0 Å². The van der Waals surface area contributed by atoms with E-state index in [1.807, 2.05) is 26.0 Å². The van der Waals surface area contributed by atoms with Crippen molar-refractivity contribution >= 4 is 29.7 Å². The number of hydrogen-bond donors (Lipinski definition) is 2. The summed E-state index contributed by atoms with van der Waals surface area (Å²) in [6, 6.07) is 3.81. The summed E-state index contributed by atoms with van der Waals surface area (Å²) >= 11 is 1.51. The lowest BCUT2D eigenvalue weighted by molar-refractivity contribution is 0.0887. The molecule has 5 heteroatoms. The van der Waals surface area contributed by atoms with E-state index in [0.29, 0.717) is 12.5 Å². The van der Waals surface area contributed by atoms with Gasteiger partial charge in [-0.1, -0.05) is 13.8 Å². The van der Waals surface area contributed by atoms with Gasteiger partial charge in [0.1, 0.15) is 0 Å². The molecule has 1 atom stereocenters. The van der Waals surface area contributed by atoms with E-state index < -0.39 is 0 Å². The Kier molecular flexibility index (Phi) is 6.16. The van der Waals surface area contributed by atoms with E-state index in [2.05, 4.69) is 19.2 Å². The van der Waals surface area contributed by atoms with Gasteiger partial charge < -0.3 is 11.1 Å². The molecular formula is C12H21ClN2OS. The van der Waals surface area contributed by atoms with E-state index in [9.17, 15) is 4.79 Å². The molecule has 1 aromatic heterocycles. The zero-order valence-electron chi connectivity index (χ0n) is 10.7. The first kappa shape index (κ1) is 16.4. The van der Waals surface area contributed by atoms with Crippen LogP contribution in [-0.4, -0.2) is 18.0 Å². The van der Waals surface area contributed by atoms with E-state index in [1.165, 1.54) is 11.3 Å². The number of amides is 1. The zero-order chi connectivity index (χ0) is 12.3. The van der Waals surface area contributed by atoms with Gasteiger partial charge in [-0.15, -0.1) is 23.7 Å². The number of aryl methyl sites for hydroxylation is 1. The maximum atomic E-state index is 12.0. The molecule has 0 radical (unpaired) electrons. The van der Waals surface area contributed by atoms with Crippen LogP contribution in [0.4, 0.5) is 0 Å². The van der Waals surface area contributed by atoms with Crippen molar-refractivity contribution in [2.24, 2.45) is 11.7 Å². The average molecular weight is 277 g/mol. The van der Waals surface area contributed by atoms with Crippen LogP contribution in [0.15, 0.2) is 12.1 Å². The average Bonchev–Trinajstić information content (AvgIpc) is 2.64. The molecule has 0 saturated heterocycles. The van der Waals surface area contributed by atoms with Crippen LogP contribution in [0.2, 0.25) is 0 Å². The van der Waals surface area contributed by atoms with Crippen LogP contribution in [0.25, 0.3) is 0 Å². The minimum Gasteiger partial charge on any atom is -0.345 e. The summed E-state index contributed by atoms with van der Waals surface area (Å²) in [5.41, 5.74) is 5.39. The Morgan fingerprint density at radius 3 is 2.47 bits per heavy atom. The highest BCUT2D eigenvalue weighted by Gasteiger charge is 2.29. The first-order chi connectivity index (χ1) is 7.39. The molecule has 3 nitrogen and oxygen atoms in total. The zero-order valence-corrected chi connectivity index (χ0v) is 12.4. The minimum absolute atomic E-state index is 0. The van der Waals surface area contributed by atoms with Crippen molar-refractivity contribution in [3.63, 3.8) is 0 Å². The number of carbonyl (C=O) groups excluding carboxylic acids is 1. The van der Waals surface area contributed by atoms with Gasteiger partial charge in [0.05, 0.1) is 10.4 Å². The number of carbonyl (C=O) groups is 1. The molecule has 0 aliphatic rings. The topological polar surface area (TPSA) is 55.1 Å². The Balaban J connectivity index is 0.00000256. The van der Waals surface area contributed by atoms with Crippen molar-refractivity contribution in [3.8, 4) is 0 Å². The first-order valence-corrected chi connectivity index (χ1v) is 6.29. The normalized spacial score (nSPS) is 14.0. The Hall–Kier alpha value is -0.580. The van der Waals surface area contributed by atoms with Gasteiger partial charge in [0, 0.05) is 11.4 Å². The van der Waals surface area contributed by atoms with Gasteiger partial charge in [0.2, 0.25) is 0 Å². The number of rotatable bonds is 4. The highest BCUT2D eigenvalue weighted by Crippen LogP contribution is 2.19. The Labute approximate surface area is 113 Å². The van der Waals surface area contributed by atoms with Gasteiger partial charge in [0.25, 0.3) is 5.91 Å². The quantitative estimate of drug-likeness (QED) is 0.888. The molecule has 1 amide bonds. The predicted octanol–water partition coefficient (Wildman–Crippen LogP) is 2.58. The fourth-order valence-electron chi connectivity index (χ4n) is 1.31. The van der Waals surface area contributed by atoms with Crippen LogP contribution in [0.5, 0.6) is 0 Å². The van der Waals surface area contributed by atoms with Gasteiger partial charge in [0.15, 0.2) is 0 Å². The second-order valence-corrected chi connectivity index (χ2v) is 5.93. The molecule has 0 aromatic carbocycles. The summed E-state index contributed by atoms with van der Waals surface area (Å²) in [6.45, 7) is 8.54. The highest BCUT2D eigenvalue weighted by atomic mass is 35.5. The molecule has 0 bridgehead atoms. The van der Waals surface area contributed by atoms with Gasteiger partial charge >= 0.3 is 0 Å². The highest BCUT2D eigenvalue weighted by molar-refractivity contribution is 7.13. The third-order valence-electron chi connectivity index (χ3n) is 3.06. The van der Waals surface area contributed by atoms with Crippen molar-refractivity contribution in [2.75, 3.05) is 6.54 Å². The number of halogens is 1. The lowest BCUT2D eigenvalue weighted by Gasteiger charge is -2.33. The van der Waals surface area contributed by atoms with E-state index in [4.69, 9.17) is 5.73 Å². The van der Waals surface area contributed by atoms with Crippen molar-refractivity contribution < 1.29 is 4.79 Å². The van der Waals surface area contributed by atoms with Crippen LogP contribution in [0.3, 0.4) is 0 Å². The molecule has 1 rings (SSSR count). The van der Waals surface area contributed by atoms with E-state index in [0.717, 1.165) is 9.75 Å². The summed E-state index contributed by atoms with van der Waals surface area (Å²) in [5.74, 6) is 0.280. The standard InChI is InChI=1S/C12H20N2OS.ClH/c1-8(2)12(4,7-13)14-11(15)10-6-5-9(3)16-10;/h5-6,8H,7,13H2,1-4H3,(H,14,15);1H. The molecule has 0 saturated carbocycles. The maximum Gasteiger partial charge on any atom is 0.261 e. The second-order valence-electron chi connectivity index (χ2n) is 4.64. The fourth-order valence-corrected chi connectivity index (χ4v) is 2.07. The van der Waals surface area contributed by atoms with Crippen LogP contribution >= 0.6 is 23.7 Å². The van der Waals surface area contributed by atoms with E-state index in [-0.39, 0.29) is 23.9 Å². The van der Waals surface area contributed by atoms with Crippen LogP contribution < -0.4 is 11.1 Å². The Morgan fingerprint density at radius 2 is 2.12 bits per heavy atom. The molecule has 0 aliphatic carbocycles. The molecule has 1 unspecified atom stereocenters. The van der Waals surface area contributed by atoms with Crippen molar-refractivity contribution in [1.29, 1.82) is 0 Å². The molecule has 17 heavy (non-hydrogen) atoms. The van der Waals surface area contributed by atoms with E-state index in [1.54, 1.807) is 0 Å². The molecule has 0 fully saturated rings. The molecule has 0 spiro atoms. The van der Waals surface area contributed by atoms with Crippen molar-refractivity contribution in [2.45, 2.75) is 33.2 Å². The van der Waals surface area contributed by atoms with Crippen LogP contribution in [0.1, 0.15) is 35.3 Å². The number of hydrogen-bond acceptors (Lipinski definition) is 3. The third kappa shape index (κ3) is 3.98. The second kappa shape index (κ2) is 6.38. The van der Waals surface area contributed by atoms with E-state index >= 15 is 0 Å². The first-order valence-electron chi connectivity index (χ1n) is 5.48. The largest absolute Gasteiger partial charge is 0.345 e. The summed E-state index contributed by atoms with van der Waals surface area (Å²) in [7, 11) is 0. The Morgan fingerprint density at radius 1 is 1.53 bits per heavy atom. The lowest BCUT2D eigenvalue weighted by atomic mass is 9.88. The Bertz CT molecular complexity index is 378. The van der Waals surface area contributed by atoms with Gasteiger partial charge in [-0.05, 0) is 31.9 Å².